The van der Waals surface area contributed by atoms with E-state index >= 15 is 0 Å². The van der Waals surface area contributed by atoms with Crippen LogP contribution in [-0.2, 0) is 6.42 Å². The van der Waals surface area contributed by atoms with Crippen LogP contribution >= 0.6 is 23.2 Å². The summed E-state index contributed by atoms with van der Waals surface area (Å²) in [5, 5.41) is 20.9. The highest BCUT2D eigenvalue weighted by atomic mass is 35.5. The lowest BCUT2D eigenvalue weighted by Gasteiger charge is -2.04. The van der Waals surface area contributed by atoms with Gasteiger partial charge in [0.2, 0.25) is 0 Å². The second kappa shape index (κ2) is 4.78. The molecular weight excluding hydrogens is 251 g/mol. The summed E-state index contributed by atoms with van der Waals surface area (Å²) < 4.78 is 1.51. The Labute approximate surface area is 102 Å². The van der Waals surface area contributed by atoms with Crippen molar-refractivity contribution in [3.05, 3.63) is 34.1 Å². The van der Waals surface area contributed by atoms with Crippen molar-refractivity contribution in [2.75, 3.05) is 6.61 Å². The molecule has 2 rings (SSSR count). The van der Waals surface area contributed by atoms with E-state index in [0.717, 1.165) is 0 Å². The van der Waals surface area contributed by atoms with Crippen molar-refractivity contribution >= 4 is 23.2 Å². The molecule has 16 heavy (non-hydrogen) atoms. The molecule has 1 heterocycles. The number of hydrogen-bond acceptors (Lipinski definition) is 4. The first-order valence-electron chi connectivity index (χ1n) is 4.56. The molecule has 5 nitrogen and oxygen atoms in total. The lowest BCUT2D eigenvalue weighted by molar-refractivity contribution is 0.295. The minimum atomic E-state index is -0.0122. The van der Waals surface area contributed by atoms with E-state index in [0.29, 0.717) is 28.0 Å². The van der Waals surface area contributed by atoms with Crippen molar-refractivity contribution in [3.8, 4) is 5.69 Å². The predicted molar refractivity (Wildman–Crippen MR) is 60.0 cm³/mol. The van der Waals surface area contributed by atoms with Crippen molar-refractivity contribution in [2.24, 2.45) is 0 Å². The summed E-state index contributed by atoms with van der Waals surface area (Å²) in [6.45, 7) is -0.0122. The Morgan fingerprint density at radius 3 is 2.75 bits per heavy atom. The van der Waals surface area contributed by atoms with Crippen LogP contribution in [0.4, 0.5) is 0 Å². The Kier molecular flexibility index (Phi) is 3.38. The van der Waals surface area contributed by atoms with Crippen LogP contribution in [0.15, 0.2) is 18.2 Å². The normalized spacial score (nSPS) is 10.7. The number of rotatable bonds is 3. The molecule has 84 valence electrons. The highest BCUT2D eigenvalue weighted by Crippen LogP contribution is 2.24. The zero-order chi connectivity index (χ0) is 11.5. The van der Waals surface area contributed by atoms with Crippen molar-refractivity contribution in [1.82, 2.24) is 20.2 Å². The van der Waals surface area contributed by atoms with Crippen LogP contribution in [0.1, 0.15) is 5.82 Å². The number of aliphatic hydroxyl groups excluding tert-OH is 1. The quantitative estimate of drug-likeness (QED) is 0.907. The molecule has 0 spiro atoms. The van der Waals surface area contributed by atoms with E-state index in [1.54, 1.807) is 18.2 Å². The van der Waals surface area contributed by atoms with Gasteiger partial charge in [-0.25, -0.2) is 0 Å². The van der Waals surface area contributed by atoms with E-state index < -0.39 is 0 Å². The van der Waals surface area contributed by atoms with Gasteiger partial charge in [0, 0.05) is 6.42 Å². The predicted octanol–water partition coefficient (Wildman–Crippen LogP) is 1.50. The van der Waals surface area contributed by atoms with Gasteiger partial charge >= 0.3 is 0 Å². The number of halogens is 2. The Morgan fingerprint density at radius 1 is 1.25 bits per heavy atom. The molecule has 0 radical (unpaired) electrons. The SMILES string of the molecule is OCCc1nnnn1-c1ccc(Cl)c(Cl)c1. The first-order chi connectivity index (χ1) is 7.72. The topological polar surface area (TPSA) is 63.8 Å². The third kappa shape index (κ3) is 2.16. The fourth-order valence-corrected chi connectivity index (χ4v) is 1.57. The number of aliphatic hydroxyl groups is 1. The van der Waals surface area contributed by atoms with Gasteiger partial charge in [0.05, 0.1) is 22.3 Å². The van der Waals surface area contributed by atoms with E-state index in [-0.39, 0.29) is 6.61 Å². The maximum atomic E-state index is 8.85. The van der Waals surface area contributed by atoms with Crippen LogP contribution in [0.3, 0.4) is 0 Å². The molecule has 0 bridgehead atoms. The second-order valence-electron chi connectivity index (χ2n) is 3.08. The molecular formula is C9H8Cl2N4O. The van der Waals surface area contributed by atoms with Gasteiger partial charge in [-0.05, 0) is 28.6 Å². The van der Waals surface area contributed by atoms with Crippen LogP contribution in [0.2, 0.25) is 10.0 Å². The summed E-state index contributed by atoms with van der Waals surface area (Å²) >= 11 is 11.7. The highest BCUT2D eigenvalue weighted by Gasteiger charge is 2.08. The van der Waals surface area contributed by atoms with Crippen molar-refractivity contribution < 1.29 is 5.11 Å². The minimum absolute atomic E-state index is 0.0122. The van der Waals surface area contributed by atoms with Gasteiger partial charge in [-0.2, -0.15) is 4.68 Å². The van der Waals surface area contributed by atoms with E-state index in [2.05, 4.69) is 15.5 Å². The smallest absolute Gasteiger partial charge is 0.158 e. The van der Waals surface area contributed by atoms with Crippen LogP contribution in [-0.4, -0.2) is 31.9 Å². The molecule has 0 aliphatic heterocycles. The molecule has 1 aromatic carbocycles. The number of benzene rings is 1. The van der Waals surface area contributed by atoms with E-state index in [1.807, 2.05) is 0 Å². The van der Waals surface area contributed by atoms with Gasteiger partial charge in [0.15, 0.2) is 5.82 Å². The van der Waals surface area contributed by atoms with Gasteiger partial charge < -0.3 is 5.11 Å². The number of hydrogen-bond donors (Lipinski definition) is 1. The summed E-state index contributed by atoms with van der Waals surface area (Å²) in [6.07, 6.45) is 0.382. The van der Waals surface area contributed by atoms with Gasteiger partial charge in [-0.15, -0.1) is 5.10 Å². The first-order valence-corrected chi connectivity index (χ1v) is 5.31. The highest BCUT2D eigenvalue weighted by molar-refractivity contribution is 6.42. The molecule has 1 N–H and O–H groups in total. The zero-order valence-corrected chi connectivity index (χ0v) is 9.65. The molecule has 0 unspecified atom stereocenters. The van der Waals surface area contributed by atoms with Gasteiger partial charge in [0.1, 0.15) is 0 Å². The number of aromatic nitrogens is 4. The molecule has 0 fully saturated rings. The maximum absolute atomic E-state index is 8.85. The summed E-state index contributed by atoms with van der Waals surface area (Å²) in [5.74, 6) is 0.570. The summed E-state index contributed by atoms with van der Waals surface area (Å²) in [4.78, 5) is 0. The summed E-state index contributed by atoms with van der Waals surface area (Å²) in [5.41, 5.74) is 0.711. The van der Waals surface area contributed by atoms with Crippen molar-refractivity contribution in [2.45, 2.75) is 6.42 Å². The molecule has 0 aliphatic carbocycles. The average Bonchev–Trinajstić information content (AvgIpc) is 2.71. The molecule has 0 saturated carbocycles. The minimum Gasteiger partial charge on any atom is -0.396 e. The van der Waals surface area contributed by atoms with Crippen LogP contribution in [0, 0.1) is 0 Å². The Bertz CT molecular complexity index is 500. The van der Waals surface area contributed by atoms with Crippen LogP contribution < -0.4 is 0 Å². The molecule has 0 saturated heterocycles. The summed E-state index contributed by atoms with van der Waals surface area (Å²) in [7, 11) is 0. The fraction of sp³-hybridized carbons (Fsp3) is 0.222. The van der Waals surface area contributed by atoms with E-state index in [1.165, 1.54) is 4.68 Å². The monoisotopic (exact) mass is 258 g/mol. The average molecular weight is 259 g/mol. The van der Waals surface area contributed by atoms with E-state index in [4.69, 9.17) is 28.3 Å². The Morgan fingerprint density at radius 2 is 2.06 bits per heavy atom. The van der Waals surface area contributed by atoms with Gasteiger partial charge in [-0.1, -0.05) is 23.2 Å². The van der Waals surface area contributed by atoms with Crippen LogP contribution in [0.5, 0.6) is 0 Å². The Balaban J connectivity index is 2.42. The number of tetrazole rings is 1. The van der Waals surface area contributed by atoms with Gasteiger partial charge in [0.25, 0.3) is 0 Å². The standard InChI is InChI=1S/C9H8Cl2N4O/c10-7-2-1-6(5-8(7)11)15-9(3-4-16)12-13-14-15/h1-2,5,16H,3-4H2. The van der Waals surface area contributed by atoms with Crippen LogP contribution in [0.25, 0.3) is 5.69 Å². The lowest BCUT2D eigenvalue weighted by atomic mass is 10.3. The number of nitrogens with zero attached hydrogens (tertiary/aromatic N) is 4. The lowest BCUT2D eigenvalue weighted by Crippen LogP contribution is -2.05. The molecule has 0 atom stereocenters. The largest absolute Gasteiger partial charge is 0.396 e. The third-order valence-electron chi connectivity index (χ3n) is 2.02. The second-order valence-corrected chi connectivity index (χ2v) is 3.89. The molecule has 0 amide bonds. The third-order valence-corrected chi connectivity index (χ3v) is 2.76. The maximum Gasteiger partial charge on any atom is 0.158 e. The summed E-state index contributed by atoms with van der Waals surface area (Å²) in [6, 6.07) is 5.09. The Hall–Kier alpha value is -1.17. The first kappa shape index (κ1) is 11.3. The zero-order valence-electron chi connectivity index (χ0n) is 8.14. The molecule has 1 aromatic heterocycles. The molecule has 0 aliphatic rings. The molecule has 2 aromatic rings. The van der Waals surface area contributed by atoms with Crippen molar-refractivity contribution in [3.63, 3.8) is 0 Å². The van der Waals surface area contributed by atoms with Gasteiger partial charge in [-0.3, -0.25) is 0 Å². The van der Waals surface area contributed by atoms with E-state index in [9.17, 15) is 0 Å². The van der Waals surface area contributed by atoms with Crippen molar-refractivity contribution in [1.29, 1.82) is 0 Å². The molecule has 7 heteroatoms. The fourth-order valence-electron chi connectivity index (χ4n) is 1.28.